The second-order valence-electron chi connectivity index (χ2n) is 5.09. The summed E-state index contributed by atoms with van der Waals surface area (Å²) in [5, 5.41) is 0.230. The van der Waals surface area contributed by atoms with Crippen molar-refractivity contribution in [1.29, 1.82) is 0 Å². The first-order chi connectivity index (χ1) is 9.35. The van der Waals surface area contributed by atoms with Crippen LogP contribution in [0.25, 0.3) is 0 Å². The molecular weight excluding hydrogens is 399 g/mol. The highest BCUT2D eigenvalue weighted by Gasteiger charge is 2.37. The molecule has 0 aromatic heterocycles. The summed E-state index contributed by atoms with van der Waals surface area (Å²) in [7, 11) is -3.64. The number of nitrogens with zero attached hydrogens (tertiary/aromatic N) is 1. The summed E-state index contributed by atoms with van der Waals surface area (Å²) in [6, 6.07) is 4.61. The van der Waals surface area contributed by atoms with Gasteiger partial charge in [0.1, 0.15) is 4.90 Å². The molecule has 4 nitrogen and oxygen atoms in total. The van der Waals surface area contributed by atoms with Gasteiger partial charge in [0.15, 0.2) is 0 Å². The molecule has 0 spiro atoms. The Hall–Kier alpha value is 0.150. The molecule has 21 heavy (non-hydrogen) atoms. The van der Waals surface area contributed by atoms with Crippen LogP contribution in [0.4, 0.5) is 0 Å². The average Bonchev–Trinajstić information content (AvgIpc) is 2.38. The van der Waals surface area contributed by atoms with Crippen molar-refractivity contribution < 1.29 is 8.42 Å². The molecule has 0 aliphatic carbocycles. The van der Waals surface area contributed by atoms with Gasteiger partial charge >= 0.3 is 0 Å². The summed E-state index contributed by atoms with van der Waals surface area (Å²) in [5.41, 5.74) is 5.96. The Kier molecular flexibility index (Phi) is 6.96. The van der Waals surface area contributed by atoms with Gasteiger partial charge in [-0.15, -0.1) is 12.4 Å². The molecule has 8 heteroatoms. The van der Waals surface area contributed by atoms with Crippen molar-refractivity contribution in [2.45, 2.75) is 43.2 Å². The van der Waals surface area contributed by atoms with Crippen LogP contribution in [0.2, 0.25) is 5.02 Å². The topological polar surface area (TPSA) is 63.4 Å². The number of piperidine rings is 1. The summed E-state index contributed by atoms with van der Waals surface area (Å²) in [4.78, 5) is 0.134. The van der Waals surface area contributed by atoms with E-state index in [-0.39, 0.29) is 34.4 Å². The van der Waals surface area contributed by atoms with Gasteiger partial charge < -0.3 is 5.73 Å². The number of sulfonamides is 1. The molecule has 1 fully saturated rings. The highest BCUT2D eigenvalue weighted by molar-refractivity contribution is 9.10. The Labute approximate surface area is 145 Å². The molecule has 1 aliphatic heterocycles. The zero-order valence-corrected chi connectivity index (χ0v) is 15.6. The van der Waals surface area contributed by atoms with Crippen LogP contribution in [-0.4, -0.2) is 31.4 Å². The molecule has 2 unspecified atom stereocenters. The predicted molar refractivity (Wildman–Crippen MR) is 91.6 cm³/mol. The van der Waals surface area contributed by atoms with Crippen LogP contribution < -0.4 is 5.73 Å². The van der Waals surface area contributed by atoms with Crippen LogP contribution in [0.1, 0.15) is 26.2 Å². The zero-order chi connectivity index (χ0) is 14.9. The predicted octanol–water partition coefficient (Wildman–Crippen LogP) is 3.41. The van der Waals surface area contributed by atoms with Gasteiger partial charge in [-0.05, 0) is 47.8 Å². The third kappa shape index (κ3) is 3.92. The quantitative estimate of drug-likeness (QED) is 0.819. The van der Waals surface area contributed by atoms with E-state index in [0.717, 1.165) is 19.3 Å². The van der Waals surface area contributed by atoms with Crippen LogP contribution >= 0.6 is 39.9 Å². The highest BCUT2D eigenvalue weighted by Crippen LogP contribution is 2.34. The third-order valence-corrected chi connectivity index (χ3v) is 6.97. The van der Waals surface area contributed by atoms with Gasteiger partial charge in [0, 0.05) is 23.1 Å². The highest BCUT2D eigenvalue weighted by atomic mass is 79.9. The minimum Gasteiger partial charge on any atom is -0.326 e. The number of benzene rings is 1. The fourth-order valence-electron chi connectivity index (χ4n) is 2.60. The number of rotatable bonds is 3. The van der Waals surface area contributed by atoms with Gasteiger partial charge in [0.2, 0.25) is 10.0 Å². The standard InChI is InChI=1S/C13H18BrClN2O2S.ClH/c1-9(16)12-7-2-3-8-17(12)20(18,19)13-10(14)5-4-6-11(13)15;/h4-6,9,12H,2-3,7-8,16H2,1H3;1H. The van der Waals surface area contributed by atoms with Crippen LogP contribution in [0.5, 0.6) is 0 Å². The molecule has 1 aliphatic rings. The van der Waals surface area contributed by atoms with E-state index in [1.807, 2.05) is 6.92 Å². The van der Waals surface area contributed by atoms with Crippen LogP contribution in [-0.2, 0) is 10.0 Å². The lowest BCUT2D eigenvalue weighted by Gasteiger charge is -2.37. The molecular formula is C13H19BrCl2N2O2S. The van der Waals surface area contributed by atoms with Crippen molar-refractivity contribution in [3.8, 4) is 0 Å². The van der Waals surface area contributed by atoms with Crippen LogP contribution in [0.15, 0.2) is 27.6 Å². The average molecular weight is 418 g/mol. The summed E-state index contributed by atoms with van der Waals surface area (Å²) >= 11 is 9.38. The van der Waals surface area contributed by atoms with Crippen LogP contribution in [0, 0.1) is 0 Å². The Morgan fingerprint density at radius 3 is 2.67 bits per heavy atom. The fraction of sp³-hybridized carbons (Fsp3) is 0.538. The lowest BCUT2D eigenvalue weighted by atomic mass is 10.00. The van der Waals surface area contributed by atoms with Crippen molar-refractivity contribution in [2.75, 3.05) is 6.54 Å². The van der Waals surface area contributed by atoms with E-state index in [0.29, 0.717) is 11.0 Å². The van der Waals surface area contributed by atoms with Gasteiger partial charge in [-0.25, -0.2) is 8.42 Å². The number of hydrogen-bond acceptors (Lipinski definition) is 3. The van der Waals surface area contributed by atoms with Gasteiger partial charge in [-0.3, -0.25) is 0 Å². The molecule has 0 amide bonds. The summed E-state index contributed by atoms with van der Waals surface area (Å²) in [6.07, 6.45) is 2.64. The number of nitrogens with two attached hydrogens (primary N) is 1. The molecule has 1 saturated heterocycles. The fourth-order valence-corrected chi connectivity index (χ4v) is 6.05. The van der Waals surface area contributed by atoms with Gasteiger partial charge in [-0.2, -0.15) is 4.31 Å². The molecule has 0 radical (unpaired) electrons. The Bertz CT molecular complexity index is 576. The maximum absolute atomic E-state index is 12.9. The molecule has 1 heterocycles. The summed E-state index contributed by atoms with van der Waals surface area (Å²) < 4.78 is 27.8. The van der Waals surface area contributed by atoms with Crippen molar-refractivity contribution in [3.63, 3.8) is 0 Å². The van der Waals surface area contributed by atoms with Gasteiger partial charge in [-0.1, -0.05) is 24.1 Å². The number of halogens is 3. The minimum atomic E-state index is -3.64. The first-order valence-corrected chi connectivity index (χ1v) is 9.18. The van der Waals surface area contributed by atoms with E-state index < -0.39 is 10.0 Å². The van der Waals surface area contributed by atoms with E-state index in [1.54, 1.807) is 18.2 Å². The molecule has 120 valence electrons. The SMILES string of the molecule is CC(N)C1CCCCN1S(=O)(=O)c1c(Cl)cccc1Br.Cl. The van der Waals surface area contributed by atoms with Crippen molar-refractivity contribution >= 4 is 50.0 Å². The van der Waals surface area contributed by atoms with Gasteiger partial charge in [0.25, 0.3) is 0 Å². The lowest BCUT2D eigenvalue weighted by molar-refractivity contribution is 0.227. The summed E-state index contributed by atoms with van der Waals surface area (Å²) in [6.45, 7) is 2.34. The van der Waals surface area contributed by atoms with E-state index in [9.17, 15) is 8.42 Å². The second-order valence-corrected chi connectivity index (χ2v) is 8.18. The van der Waals surface area contributed by atoms with E-state index >= 15 is 0 Å². The maximum Gasteiger partial charge on any atom is 0.245 e. The van der Waals surface area contributed by atoms with E-state index in [4.69, 9.17) is 17.3 Å². The number of hydrogen-bond donors (Lipinski definition) is 1. The lowest BCUT2D eigenvalue weighted by Crippen LogP contribution is -2.51. The van der Waals surface area contributed by atoms with E-state index in [1.165, 1.54) is 4.31 Å². The van der Waals surface area contributed by atoms with Crippen LogP contribution in [0.3, 0.4) is 0 Å². The molecule has 2 atom stereocenters. The molecule has 0 bridgehead atoms. The summed E-state index contributed by atoms with van der Waals surface area (Å²) in [5.74, 6) is 0. The maximum atomic E-state index is 12.9. The smallest absolute Gasteiger partial charge is 0.245 e. The Balaban J connectivity index is 0.00000220. The zero-order valence-electron chi connectivity index (χ0n) is 11.6. The molecule has 2 N–H and O–H groups in total. The minimum absolute atomic E-state index is 0. The molecule has 1 aromatic rings. The Morgan fingerprint density at radius 2 is 2.10 bits per heavy atom. The molecule has 0 saturated carbocycles. The van der Waals surface area contributed by atoms with E-state index in [2.05, 4.69) is 15.9 Å². The normalized spacial score (nSPS) is 21.6. The largest absolute Gasteiger partial charge is 0.326 e. The Morgan fingerprint density at radius 1 is 1.43 bits per heavy atom. The van der Waals surface area contributed by atoms with Gasteiger partial charge in [0.05, 0.1) is 5.02 Å². The van der Waals surface area contributed by atoms with Crippen molar-refractivity contribution in [3.05, 3.63) is 27.7 Å². The monoisotopic (exact) mass is 416 g/mol. The third-order valence-electron chi connectivity index (χ3n) is 3.59. The van der Waals surface area contributed by atoms with Crippen molar-refractivity contribution in [1.82, 2.24) is 4.31 Å². The first-order valence-electron chi connectivity index (χ1n) is 6.57. The molecule has 1 aromatic carbocycles. The second kappa shape index (κ2) is 7.62. The first kappa shape index (κ1) is 19.2. The molecule has 2 rings (SSSR count). The van der Waals surface area contributed by atoms with Crippen molar-refractivity contribution in [2.24, 2.45) is 5.73 Å².